The van der Waals surface area contributed by atoms with E-state index in [0.717, 1.165) is 32.7 Å². The molecule has 0 atom stereocenters. The Balaban J connectivity index is 1.44. The van der Waals surface area contributed by atoms with Crippen molar-refractivity contribution >= 4 is 11.6 Å². The second kappa shape index (κ2) is 8.18. The number of pyridine rings is 1. The summed E-state index contributed by atoms with van der Waals surface area (Å²) in [5.41, 5.74) is 2.62. The van der Waals surface area contributed by atoms with Crippen molar-refractivity contribution in [3.63, 3.8) is 0 Å². The van der Waals surface area contributed by atoms with Crippen LogP contribution < -0.4 is 5.32 Å². The molecule has 2 heterocycles. The van der Waals surface area contributed by atoms with Gasteiger partial charge in [0.1, 0.15) is 5.82 Å². The standard InChI is InChI=1S/C19H23FN4O/c1-15-10-16(12-21-11-15)13-23-6-8-24(9-7-23)14-19(25)22-18-5-3-2-4-17(18)20/h2-5,10-12H,6-9,13-14H2,1H3,(H,22,25). The van der Waals surface area contributed by atoms with Crippen LogP contribution in [0.3, 0.4) is 0 Å². The fraction of sp³-hybridized carbons (Fsp3) is 0.368. The van der Waals surface area contributed by atoms with E-state index >= 15 is 0 Å². The zero-order valence-corrected chi connectivity index (χ0v) is 14.4. The predicted octanol–water partition coefficient (Wildman–Crippen LogP) is 2.29. The third-order valence-electron chi connectivity index (χ3n) is 4.32. The molecule has 1 saturated heterocycles. The van der Waals surface area contributed by atoms with Gasteiger partial charge in [-0.25, -0.2) is 4.39 Å². The highest BCUT2D eigenvalue weighted by Crippen LogP contribution is 2.13. The van der Waals surface area contributed by atoms with Crippen molar-refractivity contribution < 1.29 is 9.18 Å². The SMILES string of the molecule is Cc1cncc(CN2CCN(CC(=O)Nc3ccccc3F)CC2)c1. The molecule has 1 fully saturated rings. The van der Waals surface area contributed by atoms with Crippen LogP contribution in [0.1, 0.15) is 11.1 Å². The maximum absolute atomic E-state index is 13.6. The molecule has 1 aliphatic heterocycles. The topological polar surface area (TPSA) is 48.5 Å². The summed E-state index contributed by atoms with van der Waals surface area (Å²) in [4.78, 5) is 20.8. The Bertz CT molecular complexity index is 729. The highest BCUT2D eigenvalue weighted by Gasteiger charge is 2.19. The molecular weight excluding hydrogens is 319 g/mol. The molecule has 5 nitrogen and oxygen atoms in total. The number of benzene rings is 1. The van der Waals surface area contributed by atoms with Crippen molar-refractivity contribution in [3.05, 3.63) is 59.7 Å². The Kier molecular flexibility index (Phi) is 5.73. The number of nitrogens with zero attached hydrogens (tertiary/aromatic N) is 3. The van der Waals surface area contributed by atoms with Crippen LogP contribution >= 0.6 is 0 Å². The number of piperazine rings is 1. The van der Waals surface area contributed by atoms with Crippen molar-refractivity contribution in [3.8, 4) is 0 Å². The molecule has 1 aliphatic rings. The smallest absolute Gasteiger partial charge is 0.238 e. The van der Waals surface area contributed by atoms with Gasteiger partial charge in [0.2, 0.25) is 5.91 Å². The summed E-state index contributed by atoms with van der Waals surface area (Å²) in [7, 11) is 0. The van der Waals surface area contributed by atoms with E-state index in [1.165, 1.54) is 17.2 Å². The Morgan fingerprint density at radius 2 is 1.88 bits per heavy atom. The summed E-state index contributed by atoms with van der Waals surface area (Å²) in [6.07, 6.45) is 3.76. The summed E-state index contributed by atoms with van der Waals surface area (Å²) < 4.78 is 13.6. The number of aromatic nitrogens is 1. The van der Waals surface area contributed by atoms with Crippen LogP contribution in [0.25, 0.3) is 0 Å². The van der Waals surface area contributed by atoms with Gasteiger partial charge in [-0.15, -0.1) is 0 Å². The molecule has 6 heteroatoms. The number of hydrogen-bond acceptors (Lipinski definition) is 4. The monoisotopic (exact) mass is 342 g/mol. The van der Waals surface area contributed by atoms with Gasteiger partial charge in [0.25, 0.3) is 0 Å². The van der Waals surface area contributed by atoms with Gasteiger partial charge < -0.3 is 5.32 Å². The quantitative estimate of drug-likeness (QED) is 0.906. The summed E-state index contributed by atoms with van der Waals surface area (Å²) in [5, 5.41) is 2.64. The van der Waals surface area contributed by atoms with Crippen molar-refractivity contribution in [1.29, 1.82) is 0 Å². The Morgan fingerprint density at radius 1 is 1.16 bits per heavy atom. The van der Waals surface area contributed by atoms with E-state index in [0.29, 0.717) is 0 Å². The lowest BCUT2D eigenvalue weighted by Gasteiger charge is -2.34. The minimum Gasteiger partial charge on any atom is -0.322 e. The largest absolute Gasteiger partial charge is 0.322 e. The minimum atomic E-state index is -0.410. The Hall–Kier alpha value is -2.31. The third-order valence-corrected chi connectivity index (χ3v) is 4.32. The van der Waals surface area contributed by atoms with Gasteiger partial charge in [-0.2, -0.15) is 0 Å². The van der Waals surface area contributed by atoms with Crippen LogP contribution in [-0.2, 0) is 11.3 Å². The third kappa shape index (κ3) is 5.08. The van der Waals surface area contributed by atoms with Gasteiger partial charge in [0.05, 0.1) is 12.2 Å². The molecule has 1 amide bonds. The number of halogens is 1. The summed E-state index contributed by atoms with van der Waals surface area (Å²) in [6, 6.07) is 8.38. The molecule has 1 N–H and O–H groups in total. The average Bonchev–Trinajstić information content (AvgIpc) is 2.59. The highest BCUT2D eigenvalue weighted by molar-refractivity contribution is 5.92. The molecule has 3 rings (SSSR count). The van der Waals surface area contributed by atoms with Crippen LogP contribution in [0.2, 0.25) is 0 Å². The van der Waals surface area contributed by atoms with Gasteiger partial charge in [-0.3, -0.25) is 19.6 Å². The van der Waals surface area contributed by atoms with Gasteiger partial charge in [-0.05, 0) is 30.2 Å². The highest BCUT2D eigenvalue weighted by atomic mass is 19.1. The number of para-hydroxylation sites is 1. The first kappa shape index (κ1) is 17.5. The zero-order valence-electron chi connectivity index (χ0n) is 14.4. The van der Waals surface area contributed by atoms with Crippen LogP contribution in [0.15, 0.2) is 42.7 Å². The molecule has 1 aromatic carbocycles. The fourth-order valence-corrected chi connectivity index (χ4v) is 3.02. The van der Waals surface area contributed by atoms with E-state index < -0.39 is 5.82 Å². The van der Waals surface area contributed by atoms with Gasteiger partial charge in [-0.1, -0.05) is 18.2 Å². The molecule has 0 spiro atoms. The minimum absolute atomic E-state index is 0.179. The van der Waals surface area contributed by atoms with Crippen LogP contribution in [0, 0.1) is 12.7 Å². The molecule has 2 aromatic rings. The van der Waals surface area contributed by atoms with Crippen molar-refractivity contribution in [2.75, 3.05) is 38.0 Å². The fourth-order valence-electron chi connectivity index (χ4n) is 3.02. The maximum Gasteiger partial charge on any atom is 0.238 e. The second-order valence-corrected chi connectivity index (χ2v) is 6.45. The number of rotatable bonds is 5. The van der Waals surface area contributed by atoms with E-state index in [2.05, 4.69) is 26.2 Å². The van der Waals surface area contributed by atoms with Crippen LogP contribution in [-0.4, -0.2) is 53.4 Å². The van der Waals surface area contributed by atoms with E-state index in [1.807, 2.05) is 19.3 Å². The molecule has 0 radical (unpaired) electrons. The second-order valence-electron chi connectivity index (χ2n) is 6.45. The van der Waals surface area contributed by atoms with Crippen LogP contribution in [0.4, 0.5) is 10.1 Å². The number of aryl methyl sites for hydroxylation is 1. The van der Waals surface area contributed by atoms with Crippen molar-refractivity contribution in [2.24, 2.45) is 0 Å². The lowest BCUT2D eigenvalue weighted by molar-refractivity contribution is -0.117. The average molecular weight is 342 g/mol. The number of amides is 1. The summed E-state index contributed by atoms with van der Waals surface area (Å²) in [6.45, 7) is 6.66. The first-order valence-corrected chi connectivity index (χ1v) is 8.50. The Morgan fingerprint density at radius 3 is 2.60 bits per heavy atom. The van der Waals surface area contributed by atoms with Crippen LogP contribution in [0.5, 0.6) is 0 Å². The van der Waals surface area contributed by atoms with E-state index in [4.69, 9.17) is 0 Å². The molecular formula is C19H23FN4O. The summed E-state index contributed by atoms with van der Waals surface area (Å²) >= 11 is 0. The summed E-state index contributed by atoms with van der Waals surface area (Å²) in [5.74, 6) is -0.589. The Labute approximate surface area is 147 Å². The van der Waals surface area contributed by atoms with Crippen molar-refractivity contribution in [2.45, 2.75) is 13.5 Å². The number of carbonyl (C=O) groups is 1. The molecule has 25 heavy (non-hydrogen) atoms. The van der Waals surface area contributed by atoms with Gasteiger partial charge in [0, 0.05) is 45.1 Å². The zero-order chi connectivity index (χ0) is 17.6. The number of hydrogen-bond donors (Lipinski definition) is 1. The number of nitrogens with one attached hydrogen (secondary N) is 1. The molecule has 132 valence electrons. The molecule has 0 unspecified atom stereocenters. The normalized spacial score (nSPS) is 15.9. The molecule has 0 saturated carbocycles. The molecule has 0 aliphatic carbocycles. The predicted molar refractivity (Wildman–Crippen MR) is 95.7 cm³/mol. The number of carbonyl (C=O) groups excluding carboxylic acids is 1. The van der Waals surface area contributed by atoms with E-state index in [9.17, 15) is 9.18 Å². The lowest BCUT2D eigenvalue weighted by atomic mass is 10.2. The van der Waals surface area contributed by atoms with E-state index in [1.54, 1.807) is 18.2 Å². The lowest BCUT2D eigenvalue weighted by Crippen LogP contribution is -2.48. The van der Waals surface area contributed by atoms with Crippen molar-refractivity contribution in [1.82, 2.24) is 14.8 Å². The first-order chi connectivity index (χ1) is 12.1. The van der Waals surface area contributed by atoms with Gasteiger partial charge in [0.15, 0.2) is 0 Å². The first-order valence-electron chi connectivity index (χ1n) is 8.50. The van der Waals surface area contributed by atoms with Gasteiger partial charge >= 0.3 is 0 Å². The number of anilines is 1. The van der Waals surface area contributed by atoms with E-state index in [-0.39, 0.29) is 18.1 Å². The molecule has 1 aromatic heterocycles. The maximum atomic E-state index is 13.6. The molecule has 0 bridgehead atoms.